The molecule has 0 amide bonds. The van der Waals surface area contributed by atoms with E-state index in [1.54, 1.807) is 4.57 Å². The van der Waals surface area contributed by atoms with Crippen molar-refractivity contribution in [1.29, 1.82) is 0 Å². The Morgan fingerprint density at radius 1 is 1.29 bits per heavy atom. The maximum atomic E-state index is 13.1. The highest BCUT2D eigenvalue weighted by atomic mass is 35.5. The molecule has 6 heteroatoms. The summed E-state index contributed by atoms with van der Waals surface area (Å²) in [6.45, 7) is 3.71. The Bertz CT molecular complexity index is 768. The highest BCUT2D eigenvalue weighted by molar-refractivity contribution is 6.33. The molecule has 1 N–H and O–H groups in total. The molecule has 0 unspecified atom stereocenters. The second kappa shape index (κ2) is 5.69. The molecule has 1 aromatic heterocycles. The van der Waals surface area contributed by atoms with Gasteiger partial charge in [-0.15, -0.1) is 0 Å². The summed E-state index contributed by atoms with van der Waals surface area (Å²) in [5.41, 5.74) is -0.552. The summed E-state index contributed by atoms with van der Waals surface area (Å²) < 4.78 is 14.7. The van der Waals surface area contributed by atoms with Gasteiger partial charge in [-0.1, -0.05) is 11.6 Å². The Kier molecular flexibility index (Phi) is 4.14. The average Bonchev–Trinajstić information content (AvgIpc) is 2.39. The van der Waals surface area contributed by atoms with Crippen molar-refractivity contribution in [2.75, 3.05) is 0 Å². The van der Waals surface area contributed by atoms with Crippen LogP contribution in [0.5, 0.6) is 0 Å². The van der Waals surface area contributed by atoms with Gasteiger partial charge in [0.1, 0.15) is 11.4 Å². The van der Waals surface area contributed by atoms with Crippen molar-refractivity contribution in [2.24, 2.45) is 0 Å². The van der Waals surface area contributed by atoms with Crippen LogP contribution in [0.1, 0.15) is 30.2 Å². The van der Waals surface area contributed by atoms with Crippen molar-refractivity contribution in [3.8, 4) is 11.1 Å². The predicted molar refractivity (Wildman–Crippen MR) is 78.5 cm³/mol. The van der Waals surface area contributed by atoms with Crippen molar-refractivity contribution in [1.82, 2.24) is 4.57 Å². The molecule has 1 heterocycles. The first kappa shape index (κ1) is 15.3. The van der Waals surface area contributed by atoms with Gasteiger partial charge in [0, 0.05) is 29.6 Å². The molecule has 0 saturated heterocycles. The number of aromatic nitrogens is 1. The molecule has 2 aromatic rings. The lowest BCUT2D eigenvalue weighted by atomic mass is 10.0. The fourth-order valence-corrected chi connectivity index (χ4v) is 2.22. The number of hydrogen-bond acceptors (Lipinski definition) is 2. The molecule has 4 nitrogen and oxygen atoms in total. The number of halogens is 2. The molecule has 0 aliphatic rings. The number of rotatable bonds is 3. The summed E-state index contributed by atoms with van der Waals surface area (Å²) in [6, 6.07) is 3.59. The molecule has 110 valence electrons. The Hall–Kier alpha value is -2.14. The van der Waals surface area contributed by atoms with Crippen LogP contribution < -0.4 is 5.43 Å². The van der Waals surface area contributed by atoms with E-state index >= 15 is 0 Å². The minimum atomic E-state index is -1.31. The zero-order valence-electron chi connectivity index (χ0n) is 11.4. The van der Waals surface area contributed by atoms with E-state index < -0.39 is 17.2 Å². The molecule has 0 fully saturated rings. The van der Waals surface area contributed by atoms with E-state index in [1.165, 1.54) is 24.5 Å². The second-order valence-electron chi connectivity index (χ2n) is 4.88. The Morgan fingerprint density at radius 3 is 2.48 bits per heavy atom. The van der Waals surface area contributed by atoms with E-state index in [2.05, 4.69) is 0 Å². The zero-order valence-corrected chi connectivity index (χ0v) is 12.2. The van der Waals surface area contributed by atoms with Gasteiger partial charge in [-0.25, -0.2) is 9.18 Å². The third kappa shape index (κ3) is 2.97. The molecule has 2 rings (SSSR count). The topological polar surface area (TPSA) is 59.3 Å². The molecule has 0 aliphatic heterocycles. The summed E-state index contributed by atoms with van der Waals surface area (Å²) in [7, 11) is 0. The molecule has 0 radical (unpaired) electrons. The highest BCUT2D eigenvalue weighted by Gasteiger charge is 2.17. The van der Waals surface area contributed by atoms with Gasteiger partial charge in [-0.2, -0.15) is 0 Å². The number of benzene rings is 1. The lowest BCUT2D eigenvalue weighted by molar-refractivity contribution is 0.0694. The minimum absolute atomic E-state index is 0.0401. The third-order valence-electron chi connectivity index (χ3n) is 3.09. The second-order valence-corrected chi connectivity index (χ2v) is 5.29. The number of aromatic carboxylic acids is 1. The summed E-state index contributed by atoms with van der Waals surface area (Å²) >= 11 is 5.96. The summed E-state index contributed by atoms with van der Waals surface area (Å²) in [4.78, 5) is 23.5. The molecule has 0 saturated carbocycles. The van der Waals surface area contributed by atoms with Gasteiger partial charge >= 0.3 is 5.97 Å². The van der Waals surface area contributed by atoms with Crippen LogP contribution in [0.2, 0.25) is 5.02 Å². The largest absolute Gasteiger partial charge is 0.477 e. The summed E-state index contributed by atoms with van der Waals surface area (Å²) in [5, 5.41) is 9.21. The Balaban J connectivity index is 2.78. The summed E-state index contributed by atoms with van der Waals surface area (Å²) in [6.07, 6.45) is 2.81. The van der Waals surface area contributed by atoms with E-state index in [4.69, 9.17) is 16.7 Å². The van der Waals surface area contributed by atoms with Gasteiger partial charge in [-0.05, 0) is 32.0 Å². The van der Waals surface area contributed by atoms with E-state index in [1.807, 2.05) is 13.8 Å². The SMILES string of the molecule is CC(C)n1cc(C(=O)O)c(=O)c(-c2ccc(F)cc2Cl)c1. The fourth-order valence-electron chi connectivity index (χ4n) is 1.95. The molecule has 0 atom stereocenters. The van der Waals surface area contributed by atoms with Crippen molar-refractivity contribution in [3.05, 3.63) is 57.2 Å². The van der Waals surface area contributed by atoms with Crippen LogP contribution in [-0.4, -0.2) is 15.6 Å². The van der Waals surface area contributed by atoms with E-state index in [9.17, 15) is 14.0 Å². The van der Waals surface area contributed by atoms with E-state index in [0.717, 1.165) is 6.07 Å². The van der Waals surface area contributed by atoms with Gasteiger partial charge in [0.05, 0.1) is 5.02 Å². The number of carboxylic acids is 1. The number of carbonyl (C=O) groups is 1. The lowest BCUT2D eigenvalue weighted by Crippen LogP contribution is -2.20. The van der Waals surface area contributed by atoms with Gasteiger partial charge in [0.25, 0.3) is 0 Å². The standard InChI is InChI=1S/C15H13ClFNO3/c1-8(2)18-6-11(14(19)12(7-18)15(20)21)10-4-3-9(17)5-13(10)16/h3-8H,1-2H3,(H,20,21). The zero-order chi connectivity index (χ0) is 15.7. The summed E-state index contributed by atoms with van der Waals surface area (Å²) in [5.74, 6) is -1.84. The van der Waals surface area contributed by atoms with Gasteiger partial charge in [0.2, 0.25) is 5.43 Å². The quantitative estimate of drug-likeness (QED) is 0.942. The predicted octanol–water partition coefficient (Wildman–Crippen LogP) is 3.59. The van der Waals surface area contributed by atoms with Crippen LogP contribution in [0.3, 0.4) is 0 Å². The Morgan fingerprint density at radius 2 is 1.95 bits per heavy atom. The van der Waals surface area contributed by atoms with Crippen molar-refractivity contribution < 1.29 is 14.3 Å². The van der Waals surface area contributed by atoms with Crippen LogP contribution in [0.4, 0.5) is 4.39 Å². The average molecular weight is 310 g/mol. The Labute approximate surface area is 125 Å². The molecule has 1 aromatic carbocycles. The van der Waals surface area contributed by atoms with Crippen LogP contribution >= 0.6 is 11.6 Å². The molecular weight excluding hydrogens is 297 g/mol. The number of pyridine rings is 1. The monoisotopic (exact) mass is 309 g/mol. The maximum Gasteiger partial charge on any atom is 0.341 e. The molecule has 0 aliphatic carbocycles. The highest BCUT2D eigenvalue weighted by Crippen LogP contribution is 2.27. The first-order valence-corrected chi connectivity index (χ1v) is 6.63. The number of nitrogens with zero attached hydrogens (tertiary/aromatic N) is 1. The molecule has 21 heavy (non-hydrogen) atoms. The first-order valence-electron chi connectivity index (χ1n) is 6.25. The van der Waals surface area contributed by atoms with E-state index in [-0.39, 0.29) is 22.2 Å². The van der Waals surface area contributed by atoms with E-state index in [0.29, 0.717) is 5.56 Å². The van der Waals surface area contributed by atoms with Crippen molar-refractivity contribution in [2.45, 2.75) is 19.9 Å². The van der Waals surface area contributed by atoms with Gasteiger partial charge < -0.3 is 9.67 Å². The molecule has 0 spiro atoms. The number of carboxylic acid groups (broad SMARTS) is 1. The van der Waals surface area contributed by atoms with Crippen LogP contribution in [-0.2, 0) is 0 Å². The normalized spacial score (nSPS) is 10.9. The minimum Gasteiger partial charge on any atom is -0.477 e. The van der Waals surface area contributed by atoms with Crippen LogP contribution in [0, 0.1) is 5.82 Å². The van der Waals surface area contributed by atoms with Crippen LogP contribution in [0.25, 0.3) is 11.1 Å². The molecule has 0 bridgehead atoms. The molecular formula is C15H13ClFNO3. The maximum absolute atomic E-state index is 13.1. The van der Waals surface area contributed by atoms with Crippen molar-refractivity contribution in [3.63, 3.8) is 0 Å². The third-order valence-corrected chi connectivity index (χ3v) is 3.41. The lowest BCUT2D eigenvalue weighted by Gasteiger charge is -2.14. The number of hydrogen-bond donors (Lipinski definition) is 1. The van der Waals surface area contributed by atoms with Crippen LogP contribution in [0.15, 0.2) is 35.4 Å². The van der Waals surface area contributed by atoms with Crippen molar-refractivity contribution >= 4 is 17.6 Å². The fraction of sp³-hybridized carbons (Fsp3) is 0.200. The first-order chi connectivity index (χ1) is 9.81. The van der Waals surface area contributed by atoms with Gasteiger partial charge in [0.15, 0.2) is 0 Å². The smallest absolute Gasteiger partial charge is 0.341 e. The van der Waals surface area contributed by atoms with Gasteiger partial charge in [-0.3, -0.25) is 4.79 Å².